The summed E-state index contributed by atoms with van der Waals surface area (Å²) in [6.07, 6.45) is -46.1. The summed E-state index contributed by atoms with van der Waals surface area (Å²) in [5, 5.41) is 0. The number of ether oxygens (including phenoxy) is 6. The second-order valence-electron chi connectivity index (χ2n) is 13.8. The molecule has 2 rings (SSSR count). The summed E-state index contributed by atoms with van der Waals surface area (Å²) < 4.78 is 463. The van der Waals surface area contributed by atoms with Gasteiger partial charge in [-0.15, -0.1) is 19.7 Å². The van der Waals surface area contributed by atoms with Crippen LogP contribution in [0.25, 0.3) is 0 Å². The van der Waals surface area contributed by atoms with E-state index in [-0.39, 0.29) is 0 Å². The summed E-state index contributed by atoms with van der Waals surface area (Å²) in [5.74, 6) is -56.1. The molecule has 0 spiro atoms. The van der Waals surface area contributed by atoms with Gasteiger partial charge in [-0.25, -0.2) is 49.0 Å². The van der Waals surface area contributed by atoms with Gasteiger partial charge in [0.05, 0.1) is 32.8 Å². The zero-order valence-corrected chi connectivity index (χ0v) is 31.4. The fraction of sp³-hybridized carbons (Fsp3) is 0.806. The summed E-state index contributed by atoms with van der Waals surface area (Å²) in [7, 11) is 0. The fourth-order valence-electron chi connectivity index (χ4n) is 6.16. The van der Waals surface area contributed by atoms with Crippen molar-refractivity contribution in [2.24, 2.45) is 0 Å². The van der Waals surface area contributed by atoms with Crippen LogP contribution in [0.1, 0.15) is 6.42 Å². The smallest absolute Gasteiger partial charge is 0.371 e. The molecule has 0 bridgehead atoms. The molecule has 35 heteroatoms. The molecule has 2 saturated carbocycles. The average molecular weight is 1040 g/mol. The Hall–Kier alpha value is -3.05. The van der Waals surface area contributed by atoms with E-state index in [0.717, 1.165) is 0 Å². The molecular formula is C31H25F29O6. The first-order valence-electron chi connectivity index (χ1n) is 16.6. The Morgan fingerprint density at radius 1 is 0.409 bits per heavy atom. The van der Waals surface area contributed by atoms with E-state index >= 15 is 74.6 Å². The largest absolute Gasteiger partial charge is 0.426 e. The van der Waals surface area contributed by atoms with Crippen molar-refractivity contribution in [1.82, 2.24) is 0 Å². The van der Waals surface area contributed by atoms with Gasteiger partial charge in [0.1, 0.15) is 19.8 Å². The highest BCUT2D eigenvalue weighted by Crippen LogP contribution is 2.82. The van der Waals surface area contributed by atoms with E-state index < -0.39 is 153 Å². The minimum absolute atomic E-state index is 0.291. The lowest BCUT2D eigenvalue weighted by Gasteiger charge is -2.68. The Bertz CT molecular complexity index is 1780. The normalized spacial score (nSPS) is 30.7. The monoisotopic (exact) mass is 1040 g/mol. The molecule has 5 atom stereocenters. The number of halogens is 29. The van der Waals surface area contributed by atoms with Gasteiger partial charge < -0.3 is 18.9 Å². The summed E-state index contributed by atoms with van der Waals surface area (Å²) in [5.41, 5.74) is -48.3. The zero-order chi connectivity index (χ0) is 52.5. The third-order valence-electron chi connectivity index (χ3n) is 9.35. The molecule has 0 N–H and O–H groups in total. The fourth-order valence-corrected chi connectivity index (χ4v) is 6.16. The van der Waals surface area contributed by atoms with Gasteiger partial charge in [-0.1, -0.05) is 18.2 Å². The second kappa shape index (κ2) is 17.1. The van der Waals surface area contributed by atoms with Crippen LogP contribution < -0.4 is 0 Å². The second-order valence-corrected chi connectivity index (χ2v) is 13.8. The van der Waals surface area contributed by atoms with Crippen molar-refractivity contribution in [2.45, 2.75) is 107 Å². The predicted octanol–water partition coefficient (Wildman–Crippen LogP) is 11.0. The van der Waals surface area contributed by atoms with E-state index in [1.165, 1.54) is 4.74 Å². The minimum Gasteiger partial charge on any atom is -0.371 e. The number of fused-ring (bicyclic) bond motifs is 1. The number of hydrogen-bond acceptors (Lipinski definition) is 6. The van der Waals surface area contributed by atoms with Crippen LogP contribution in [0.3, 0.4) is 0 Å². The molecule has 0 saturated heterocycles. The molecule has 388 valence electrons. The SMILES string of the molecule is C=CCOCC(F)(F)C(F)(F)OCC1(F)C(F)(F)C(F)(F)C(F)(C(F)(F)OC(F)(F)C(F)(F)COCC=C)C2(F)C(F)(C(F)(F)OC(F)(F)C(F)(F)COCC=C)C(F)(F)CC(F)(F)C12F. The molecule has 66 heavy (non-hydrogen) atoms. The van der Waals surface area contributed by atoms with Crippen LogP contribution in [0.5, 0.6) is 0 Å². The third kappa shape index (κ3) is 7.95. The maximum atomic E-state index is 17.5. The van der Waals surface area contributed by atoms with Gasteiger partial charge in [0, 0.05) is 0 Å². The van der Waals surface area contributed by atoms with Gasteiger partial charge >= 0.3 is 71.5 Å². The summed E-state index contributed by atoms with van der Waals surface area (Å²) in [4.78, 5) is 0. The van der Waals surface area contributed by atoms with E-state index in [2.05, 4.69) is 38.7 Å². The predicted molar refractivity (Wildman–Crippen MR) is 154 cm³/mol. The van der Waals surface area contributed by atoms with E-state index in [1.807, 2.05) is 0 Å². The van der Waals surface area contributed by atoms with Crippen LogP contribution in [-0.4, -0.2) is 147 Å². The van der Waals surface area contributed by atoms with E-state index in [9.17, 15) is 52.7 Å². The minimum atomic E-state index is -10.2. The first-order chi connectivity index (χ1) is 29.0. The molecule has 5 unspecified atom stereocenters. The van der Waals surface area contributed by atoms with E-state index in [0.29, 0.717) is 18.2 Å². The first kappa shape index (κ1) is 59.1. The molecule has 0 aromatic heterocycles. The lowest BCUT2D eigenvalue weighted by atomic mass is 9.45. The van der Waals surface area contributed by atoms with Gasteiger partial charge in [-0.2, -0.15) is 87.8 Å². The number of hydrogen-bond donors (Lipinski definition) is 0. The molecule has 0 radical (unpaired) electrons. The van der Waals surface area contributed by atoms with Gasteiger partial charge in [-0.05, 0) is 0 Å². The first-order valence-corrected chi connectivity index (χ1v) is 16.6. The zero-order valence-electron chi connectivity index (χ0n) is 31.4. The van der Waals surface area contributed by atoms with Crippen molar-refractivity contribution in [2.75, 3.05) is 46.2 Å². The maximum absolute atomic E-state index is 17.5. The van der Waals surface area contributed by atoms with Crippen LogP contribution in [0.4, 0.5) is 127 Å². The highest BCUT2D eigenvalue weighted by atomic mass is 19.4. The summed E-state index contributed by atoms with van der Waals surface area (Å²) >= 11 is 0. The van der Waals surface area contributed by atoms with Crippen molar-refractivity contribution < 1.29 is 156 Å². The molecule has 2 aliphatic rings. The van der Waals surface area contributed by atoms with Gasteiger partial charge in [0.15, 0.2) is 0 Å². The van der Waals surface area contributed by atoms with Crippen molar-refractivity contribution in [3.8, 4) is 0 Å². The molecule has 2 fully saturated rings. The highest BCUT2D eigenvalue weighted by Gasteiger charge is 3.14. The standard InChI is InChI=1S/C31H25F29O6/c1-4-7-61-12-18(37,38)27(51,52)64-11-15(32)21(43)16(33,34)10-17(35,36)22(44,30(57,58)65-28(53,54)19(39,40)13-62-8-5-2)23(21,45)24(46,26(49,50)25(15,47)48)31(59,60)66-29(55,56)20(41,42)14-63-9-6-3/h4-6H,1-3,7-14H2. The number of rotatable bonds is 24. The van der Waals surface area contributed by atoms with Crippen LogP contribution in [0, 0.1) is 0 Å². The van der Waals surface area contributed by atoms with E-state index in [1.54, 1.807) is 4.74 Å². The Morgan fingerprint density at radius 3 is 1.06 bits per heavy atom. The Kier molecular flexibility index (Phi) is 15.3. The summed E-state index contributed by atoms with van der Waals surface area (Å²) in [6, 6.07) is 0. The van der Waals surface area contributed by atoms with Crippen molar-refractivity contribution in [1.29, 1.82) is 0 Å². The molecule has 0 aromatic carbocycles. The summed E-state index contributed by atoms with van der Waals surface area (Å²) in [6.45, 7) is -10.8. The lowest BCUT2D eigenvalue weighted by Crippen LogP contribution is -3.01. The van der Waals surface area contributed by atoms with Crippen LogP contribution >= 0.6 is 0 Å². The molecular weight excluding hydrogens is 1020 g/mol. The van der Waals surface area contributed by atoms with Crippen LogP contribution in [0.15, 0.2) is 38.0 Å². The Morgan fingerprint density at radius 2 is 0.727 bits per heavy atom. The van der Waals surface area contributed by atoms with Gasteiger partial charge in [-0.3, -0.25) is 0 Å². The molecule has 6 nitrogen and oxygen atoms in total. The maximum Gasteiger partial charge on any atom is 0.426 e. The van der Waals surface area contributed by atoms with Crippen molar-refractivity contribution in [3.63, 3.8) is 0 Å². The molecule has 0 aromatic rings. The molecule has 0 amide bonds. The van der Waals surface area contributed by atoms with Gasteiger partial charge in [0.2, 0.25) is 5.67 Å². The topological polar surface area (TPSA) is 55.4 Å². The van der Waals surface area contributed by atoms with Crippen molar-refractivity contribution in [3.05, 3.63) is 38.0 Å². The van der Waals surface area contributed by atoms with Crippen LogP contribution in [0.2, 0.25) is 0 Å². The highest BCUT2D eigenvalue weighted by molar-refractivity contribution is 5.47. The van der Waals surface area contributed by atoms with E-state index in [4.69, 9.17) is 0 Å². The quantitative estimate of drug-likeness (QED) is 0.0546. The Balaban J connectivity index is 3.41. The average Bonchev–Trinajstić information content (AvgIpc) is 3.12. The van der Waals surface area contributed by atoms with Gasteiger partial charge in [0.25, 0.3) is 23.2 Å². The Labute approximate surface area is 347 Å². The lowest BCUT2D eigenvalue weighted by molar-refractivity contribution is -0.569. The number of alkyl halides is 29. The third-order valence-corrected chi connectivity index (χ3v) is 9.35. The van der Waals surface area contributed by atoms with Crippen molar-refractivity contribution >= 4 is 0 Å². The molecule has 0 heterocycles. The molecule has 2 aliphatic carbocycles. The molecule has 0 aliphatic heterocycles. The van der Waals surface area contributed by atoms with Crippen LogP contribution in [-0.2, 0) is 28.4 Å².